The zero-order chi connectivity index (χ0) is 19.5. The third kappa shape index (κ3) is 3.71. The minimum Gasteiger partial charge on any atom is -0.324 e. The molecule has 0 spiro atoms. The van der Waals surface area contributed by atoms with Crippen LogP contribution in [0, 0.1) is 11.6 Å². The Morgan fingerprint density at radius 3 is 2.61 bits per heavy atom. The molecule has 0 saturated heterocycles. The number of pyridine rings is 1. The summed E-state index contributed by atoms with van der Waals surface area (Å²) in [5.41, 5.74) is 2.76. The van der Waals surface area contributed by atoms with Gasteiger partial charge in [-0.3, -0.25) is 9.71 Å². The highest BCUT2D eigenvalue weighted by Gasteiger charge is 2.22. The predicted molar refractivity (Wildman–Crippen MR) is 108 cm³/mol. The number of hydrogen-bond acceptors (Lipinski definition) is 3. The van der Waals surface area contributed by atoms with Crippen LogP contribution in [0.1, 0.15) is 29.7 Å². The second-order valence-electron chi connectivity index (χ2n) is 6.39. The molecule has 2 N–H and O–H groups in total. The van der Waals surface area contributed by atoms with Gasteiger partial charge in [0, 0.05) is 12.1 Å². The van der Waals surface area contributed by atoms with E-state index >= 15 is 0 Å². The molecule has 2 heterocycles. The second-order valence-corrected chi connectivity index (χ2v) is 7.24. The van der Waals surface area contributed by atoms with Gasteiger partial charge in [0.25, 0.3) is 0 Å². The van der Waals surface area contributed by atoms with Crippen molar-refractivity contribution in [3.05, 3.63) is 89.2 Å². The van der Waals surface area contributed by atoms with Gasteiger partial charge in [-0.2, -0.15) is 0 Å². The average Bonchev–Trinajstić information content (AvgIpc) is 2.72. The zero-order valence-electron chi connectivity index (χ0n) is 15.1. The standard InChI is InChI=1S/C21H18F2N4S/c1-13(14-6-2-3-8-16(14)22)15-7-4-10-19-20(15)26-21(27-28-19)25-12-18-17(23)9-5-11-24-18/h2-11,13H,12H2,1H3,(H2,25,26,27)/t13-/m1/s1. The SMILES string of the molecule is C[C@H](c1ccccc1F)c1cccc2c1NC(=NCc1ncccc1F)NS2. The molecule has 0 unspecified atom stereocenters. The lowest BCUT2D eigenvalue weighted by Gasteiger charge is -2.25. The summed E-state index contributed by atoms with van der Waals surface area (Å²) in [4.78, 5) is 9.41. The van der Waals surface area contributed by atoms with E-state index in [1.54, 1.807) is 24.4 Å². The van der Waals surface area contributed by atoms with Crippen LogP contribution in [0.25, 0.3) is 0 Å². The van der Waals surface area contributed by atoms with Crippen molar-refractivity contribution in [1.29, 1.82) is 0 Å². The summed E-state index contributed by atoms with van der Waals surface area (Å²) < 4.78 is 31.2. The lowest BCUT2D eigenvalue weighted by atomic mass is 9.91. The summed E-state index contributed by atoms with van der Waals surface area (Å²) in [6.45, 7) is 2.09. The summed E-state index contributed by atoms with van der Waals surface area (Å²) in [5.74, 6) is -0.245. The number of aromatic nitrogens is 1. The Hall–Kier alpha value is -2.93. The lowest BCUT2D eigenvalue weighted by Crippen LogP contribution is -2.30. The highest BCUT2D eigenvalue weighted by Crippen LogP contribution is 2.38. The molecule has 0 amide bonds. The van der Waals surface area contributed by atoms with Crippen LogP contribution in [0.15, 0.2) is 70.7 Å². The van der Waals surface area contributed by atoms with Gasteiger partial charge in [0.1, 0.15) is 11.6 Å². The van der Waals surface area contributed by atoms with Crippen molar-refractivity contribution in [3.8, 4) is 0 Å². The minimum atomic E-state index is -0.385. The van der Waals surface area contributed by atoms with Gasteiger partial charge in [-0.15, -0.1) is 0 Å². The van der Waals surface area contributed by atoms with Crippen LogP contribution in [0.4, 0.5) is 14.5 Å². The molecular weight excluding hydrogens is 378 g/mol. The summed E-state index contributed by atoms with van der Waals surface area (Å²) in [6.07, 6.45) is 1.54. The molecule has 28 heavy (non-hydrogen) atoms. The maximum absolute atomic E-state index is 14.3. The number of para-hydroxylation sites is 1. The van der Waals surface area contributed by atoms with Gasteiger partial charge in [-0.1, -0.05) is 37.3 Å². The van der Waals surface area contributed by atoms with Crippen molar-refractivity contribution in [1.82, 2.24) is 9.71 Å². The molecule has 0 bridgehead atoms. The first-order valence-electron chi connectivity index (χ1n) is 8.84. The number of aliphatic imine (C=N–C) groups is 1. The van der Waals surface area contributed by atoms with Crippen LogP contribution in [0.3, 0.4) is 0 Å². The number of halogens is 2. The molecule has 0 aliphatic carbocycles. The molecule has 4 nitrogen and oxygen atoms in total. The molecular formula is C21H18F2N4S. The fourth-order valence-corrected chi connectivity index (χ4v) is 3.87. The van der Waals surface area contributed by atoms with Gasteiger partial charge in [0.05, 0.1) is 22.8 Å². The number of nitrogens with one attached hydrogen (secondary N) is 2. The fourth-order valence-electron chi connectivity index (χ4n) is 3.13. The molecule has 1 atom stereocenters. The Kier molecular flexibility index (Phi) is 5.25. The predicted octanol–water partition coefficient (Wildman–Crippen LogP) is 5.09. The van der Waals surface area contributed by atoms with Crippen molar-refractivity contribution >= 4 is 23.6 Å². The Balaban J connectivity index is 1.62. The summed E-state index contributed by atoms with van der Waals surface area (Å²) in [7, 11) is 0. The van der Waals surface area contributed by atoms with Gasteiger partial charge < -0.3 is 5.32 Å². The van der Waals surface area contributed by atoms with Gasteiger partial charge in [0.2, 0.25) is 5.96 Å². The van der Waals surface area contributed by atoms with E-state index in [0.29, 0.717) is 11.5 Å². The summed E-state index contributed by atoms with van der Waals surface area (Å²) in [6, 6.07) is 15.6. The monoisotopic (exact) mass is 396 g/mol. The Morgan fingerprint density at radius 1 is 1.00 bits per heavy atom. The van der Waals surface area contributed by atoms with Crippen LogP contribution in [0.2, 0.25) is 0 Å². The van der Waals surface area contributed by atoms with E-state index in [1.165, 1.54) is 24.1 Å². The number of rotatable bonds is 4. The van der Waals surface area contributed by atoms with E-state index in [1.807, 2.05) is 31.2 Å². The molecule has 1 aromatic heterocycles. The minimum absolute atomic E-state index is 0.114. The van der Waals surface area contributed by atoms with Crippen LogP contribution in [-0.2, 0) is 6.54 Å². The van der Waals surface area contributed by atoms with E-state index in [2.05, 4.69) is 20.0 Å². The maximum Gasteiger partial charge on any atom is 0.206 e. The largest absolute Gasteiger partial charge is 0.324 e. The Labute approximate surface area is 166 Å². The van der Waals surface area contributed by atoms with Gasteiger partial charge >= 0.3 is 0 Å². The second kappa shape index (κ2) is 7.98. The molecule has 0 saturated carbocycles. The van der Waals surface area contributed by atoms with Crippen LogP contribution >= 0.6 is 11.9 Å². The summed E-state index contributed by atoms with van der Waals surface area (Å²) >= 11 is 1.42. The number of hydrogen-bond donors (Lipinski definition) is 2. The molecule has 3 aromatic rings. The number of fused-ring (bicyclic) bond motifs is 1. The molecule has 0 radical (unpaired) electrons. The van der Waals surface area contributed by atoms with E-state index < -0.39 is 0 Å². The van der Waals surface area contributed by atoms with Crippen molar-refractivity contribution < 1.29 is 8.78 Å². The first-order chi connectivity index (χ1) is 13.6. The van der Waals surface area contributed by atoms with Crippen LogP contribution in [-0.4, -0.2) is 10.9 Å². The van der Waals surface area contributed by atoms with Crippen molar-refractivity contribution in [2.45, 2.75) is 24.3 Å². The smallest absolute Gasteiger partial charge is 0.206 e. The molecule has 7 heteroatoms. The number of guanidine groups is 1. The Bertz CT molecular complexity index is 1040. The molecule has 1 aliphatic rings. The molecule has 4 rings (SSSR count). The fraction of sp³-hybridized carbons (Fsp3) is 0.143. The van der Waals surface area contributed by atoms with Crippen molar-refractivity contribution in [3.63, 3.8) is 0 Å². The average molecular weight is 396 g/mol. The van der Waals surface area contributed by atoms with E-state index in [4.69, 9.17) is 0 Å². The lowest BCUT2D eigenvalue weighted by molar-refractivity contribution is 0.600. The van der Waals surface area contributed by atoms with E-state index in [-0.39, 0.29) is 29.8 Å². The van der Waals surface area contributed by atoms with Crippen LogP contribution in [0.5, 0.6) is 0 Å². The Morgan fingerprint density at radius 2 is 1.79 bits per heavy atom. The molecule has 142 valence electrons. The van der Waals surface area contributed by atoms with Crippen molar-refractivity contribution in [2.24, 2.45) is 4.99 Å². The van der Waals surface area contributed by atoms with Gasteiger partial charge in [-0.05, 0) is 47.3 Å². The third-order valence-corrected chi connectivity index (χ3v) is 5.47. The topological polar surface area (TPSA) is 49.3 Å². The first kappa shape index (κ1) is 18.4. The first-order valence-corrected chi connectivity index (χ1v) is 9.66. The molecule has 0 fully saturated rings. The summed E-state index contributed by atoms with van der Waals surface area (Å²) in [5, 5.41) is 3.27. The van der Waals surface area contributed by atoms with E-state index in [0.717, 1.165) is 16.1 Å². The number of nitrogens with zero attached hydrogens (tertiary/aromatic N) is 2. The maximum atomic E-state index is 14.3. The highest BCUT2D eigenvalue weighted by atomic mass is 32.2. The highest BCUT2D eigenvalue weighted by molar-refractivity contribution is 7.98. The number of benzene rings is 2. The van der Waals surface area contributed by atoms with Crippen molar-refractivity contribution in [2.75, 3.05) is 5.32 Å². The van der Waals surface area contributed by atoms with Gasteiger partial charge in [0.15, 0.2) is 0 Å². The van der Waals surface area contributed by atoms with E-state index in [9.17, 15) is 8.78 Å². The van der Waals surface area contributed by atoms with Crippen LogP contribution < -0.4 is 10.0 Å². The molecule has 2 aromatic carbocycles. The van der Waals surface area contributed by atoms with Gasteiger partial charge in [-0.25, -0.2) is 13.8 Å². The third-order valence-electron chi connectivity index (χ3n) is 4.62. The molecule has 1 aliphatic heterocycles. The number of anilines is 1. The quantitative estimate of drug-likeness (QED) is 0.603. The zero-order valence-corrected chi connectivity index (χ0v) is 15.9. The normalized spacial score (nSPS) is 15.5.